The molecule has 0 aliphatic heterocycles. The van der Waals surface area contributed by atoms with Gasteiger partial charge < -0.3 is 5.73 Å². The van der Waals surface area contributed by atoms with Crippen molar-refractivity contribution in [3.05, 3.63) is 35.4 Å². The van der Waals surface area contributed by atoms with Crippen molar-refractivity contribution in [3.63, 3.8) is 0 Å². The molecule has 0 fully saturated rings. The molecule has 0 aliphatic carbocycles. The van der Waals surface area contributed by atoms with Crippen LogP contribution in [0.15, 0.2) is 24.3 Å². The molecular weight excluding hydrogens is 237 g/mol. The number of nitrogens with one attached hydrogen (secondary N) is 1. The summed E-state index contributed by atoms with van der Waals surface area (Å²) in [7, 11) is 0. The first-order valence-electron chi connectivity index (χ1n) is 4.68. The van der Waals surface area contributed by atoms with Gasteiger partial charge in [0.1, 0.15) is 6.61 Å². The van der Waals surface area contributed by atoms with Gasteiger partial charge in [0, 0.05) is 6.54 Å². The van der Waals surface area contributed by atoms with Crippen LogP contribution in [0.2, 0.25) is 0 Å². The van der Waals surface area contributed by atoms with Crippen LogP contribution in [0.4, 0.5) is 13.2 Å². The molecule has 0 heterocycles. The number of alkyl halides is 3. The van der Waals surface area contributed by atoms with Crippen LogP contribution in [0.1, 0.15) is 11.1 Å². The summed E-state index contributed by atoms with van der Waals surface area (Å²) in [4.78, 5) is 14.9. The van der Waals surface area contributed by atoms with E-state index in [1.165, 1.54) is 12.1 Å². The fourth-order valence-corrected chi connectivity index (χ4v) is 1.07. The molecule has 0 aromatic heterocycles. The SMILES string of the molecule is NC(=O)CONCc1ccc(C(F)(F)F)cc1. The number of rotatable bonds is 5. The van der Waals surface area contributed by atoms with Gasteiger partial charge in [0.25, 0.3) is 0 Å². The van der Waals surface area contributed by atoms with E-state index in [4.69, 9.17) is 5.73 Å². The normalized spacial score (nSPS) is 11.5. The highest BCUT2D eigenvalue weighted by Crippen LogP contribution is 2.28. The number of amides is 1. The third kappa shape index (κ3) is 4.83. The van der Waals surface area contributed by atoms with E-state index < -0.39 is 17.6 Å². The third-order valence-electron chi connectivity index (χ3n) is 1.87. The van der Waals surface area contributed by atoms with Crippen molar-refractivity contribution in [2.45, 2.75) is 12.7 Å². The van der Waals surface area contributed by atoms with Crippen molar-refractivity contribution >= 4 is 5.91 Å². The predicted molar refractivity (Wildman–Crippen MR) is 53.4 cm³/mol. The minimum atomic E-state index is -4.34. The maximum absolute atomic E-state index is 12.2. The lowest BCUT2D eigenvalue weighted by molar-refractivity contribution is -0.137. The van der Waals surface area contributed by atoms with E-state index in [0.717, 1.165) is 12.1 Å². The van der Waals surface area contributed by atoms with E-state index in [2.05, 4.69) is 10.3 Å². The van der Waals surface area contributed by atoms with Gasteiger partial charge in [-0.2, -0.15) is 18.7 Å². The molecule has 7 heteroatoms. The van der Waals surface area contributed by atoms with Crippen molar-refractivity contribution in [3.8, 4) is 0 Å². The van der Waals surface area contributed by atoms with Crippen LogP contribution in [0.25, 0.3) is 0 Å². The van der Waals surface area contributed by atoms with Gasteiger partial charge in [-0.1, -0.05) is 12.1 Å². The molecule has 0 aliphatic rings. The van der Waals surface area contributed by atoms with Gasteiger partial charge in [-0.25, -0.2) is 0 Å². The zero-order chi connectivity index (χ0) is 12.9. The number of carbonyl (C=O) groups is 1. The van der Waals surface area contributed by atoms with E-state index in [9.17, 15) is 18.0 Å². The lowest BCUT2D eigenvalue weighted by Gasteiger charge is -2.08. The van der Waals surface area contributed by atoms with Gasteiger partial charge >= 0.3 is 6.18 Å². The fourth-order valence-electron chi connectivity index (χ4n) is 1.07. The number of carbonyl (C=O) groups excluding carboxylic acids is 1. The molecule has 1 amide bonds. The Morgan fingerprint density at radius 2 is 1.88 bits per heavy atom. The number of primary amides is 1. The molecule has 0 atom stereocenters. The van der Waals surface area contributed by atoms with Gasteiger partial charge in [0.05, 0.1) is 5.56 Å². The Kier molecular flexibility index (Phi) is 4.47. The molecule has 0 saturated heterocycles. The van der Waals surface area contributed by atoms with Gasteiger partial charge in [-0.3, -0.25) is 9.63 Å². The molecule has 0 unspecified atom stereocenters. The van der Waals surface area contributed by atoms with Crippen LogP contribution in [-0.4, -0.2) is 12.5 Å². The first kappa shape index (κ1) is 13.5. The van der Waals surface area contributed by atoms with Crippen molar-refractivity contribution in [1.29, 1.82) is 0 Å². The molecule has 0 saturated carbocycles. The second-order valence-corrected chi connectivity index (χ2v) is 3.27. The number of hydroxylamine groups is 1. The van der Waals surface area contributed by atoms with E-state index in [1.54, 1.807) is 0 Å². The summed E-state index contributed by atoms with van der Waals surface area (Å²) in [6, 6.07) is 4.60. The first-order valence-corrected chi connectivity index (χ1v) is 4.68. The Morgan fingerprint density at radius 3 is 2.35 bits per heavy atom. The minimum absolute atomic E-state index is 0.186. The Labute approximate surface area is 95.5 Å². The number of nitrogens with two attached hydrogens (primary N) is 1. The molecule has 17 heavy (non-hydrogen) atoms. The molecule has 1 aromatic carbocycles. The van der Waals surface area contributed by atoms with Crippen LogP contribution >= 0.6 is 0 Å². The first-order chi connectivity index (χ1) is 7.89. The Morgan fingerprint density at radius 1 is 1.29 bits per heavy atom. The summed E-state index contributed by atoms with van der Waals surface area (Å²) in [5.74, 6) is -0.634. The molecule has 0 bridgehead atoms. The van der Waals surface area contributed by atoms with Crippen LogP contribution in [0, 0.1) is 0 Å². The second-order valence-electron chi connectivity index (χ2n) is 3.27. The monoisotopic (exact) mass is 248 g/mol. The lowest BCUT2D eigenvalue weighted by Crippen LogP contribution is -2.24. The average molecular weight is 248 g/mol. The summed E-state index contributed by atoms with van der Waals surface area (Å²) in [6.07, 6.45) is -4.34. The van der Waals surface area contributed by atoms with Gasteiger partial charge in [-0.05, 0) is 17.7 Å². The van der Waals surface area contributed by atoms with Crippen LogP contribution in [0.3, 0.4) is 0 Å². The summed E-state index contributed by atoms with van der Waals surface area (Å²) in [6.45, 7) is -0.105. The standard InChI is InChI=1S/C10H11F3N2O2/c11-10(12,13)8-3-1-7(2-4-8)5-15-17-6-9(14)16/h1-4,15H,5-6H2,(H2,14,16). The van der Waals surface area contributed by atoms with Crippen LogP contribution in [-0.2, 0) is 22.4 Å². The predicted octanol–water partition coefficient (Wildman–Crippen LogP) is 1.21. The van der Waals surface area contributed by atoms with Gasteiger partial charge in [0.2, 0.25) is 5.91 Å². The third-order valence-corrected chi connectivity index (χ3v) is 1.87. The number of hydrogen-bond donors (Lipinski definition) is 2. The Bertz CT molecular complexity index is 376. The van der Waals surface area contributed by atoms with Crippen molar-refractivity contribution < 1.29 is 22.8 Å². The topological polar surface area (TPSA) is 64.4 Å². The van der Waals surface area contributed by atoms with E-state index in [1.807, 2.05) is 0 Å². The smallest absolute Gasteiger partial charge is 0.368 e. The largest absolute Gasteiger partial charge is 0.416 e. The van der Waals surface area contributed by atoms with Crippen LogP contribution in [0.5, 0.6) is 0 Å². The summed E-state index contributed by atoms with van der Waals surface area (Å²) in [5, 5.41) is 0. The highest BCUT2D eigenvalue weighted by Gasteiger charge is 2.29. The highest BCUT2D eigenvalue weighted by atomic mass is 19.4. The van der Waals surface area contributed by atoms with Crippen LogP contribution < -0.4 is 11.2 Å². The van der Waals surface area contributed by atoms with Crippen molar-refractivity contribution in [1.82, 2.24) is 5.48 Å². The molecule has 0 spiro atoms. The minimum Gasteiger partial charge on any atom is -0.368 e. The molecule has 0 radical (unpaired) electrons. The molecule has 1 aromatic rings. The lowest BCUT2D eigenvalue weighted by atomic mass is 10.1. The fraction of sp³-hybridized carbons (Fsp3) is 0.300. The zero-order valence-corrected chi connectivity index (χ0v) is 8.75. The number of benzene rings is 1. The quantitative estimate of drug-likeness (QED) is 0.608. The maximum Gasteiger partial charge on any atom is 0.416 e. The molecule has 94 valence electrons. The Hall–Kier alpha value is -1.60. The van der Waals surface area contributed by atoms with E-state index >= 15 is 0 Å². The van der Waals surface area contributed by atoms with Gasteiger partial charge in [0.15, 0.2) is 0 Å². The zero-order valence-electron chi connectivity index (χ0n) is 8.75. The molecule has 4 nitrogen and oxygen atoms in total. The van der Waals surface area contributed by atoms with Crippen molar-refractivity contribution in [2.75, 3.05) is 6.61 Å². The maximum atomic E-state index is 12.2. The number of hydrogen-bond acceptors (Lipinski definition) is 3. The Balaban J connectivity index is 2.43. The number of halogens is 3. The second kappa shape index (κ2) is 5.65. The van der Waals surface area contributed by atoms with E-state index in [-0.39, 0.29) is 13.2 Å². The molecule has 3 N–H and O–H groups in total. The highest BCUT2D eigenvalue weighted by molar-refractivity contribution is 5.74. The van der Waals surface area contributed by atoms with Crippen molar-refractivity contribution in [2.24, 2.45) is 5.73 Å². The van der Waals surface area contributed by atoms with E-state index in [0.29, 0.717) is 5.56 Å². The molecular formula is C10H11F3N2O2. The summed E-state index contributed by atoms with van der Waals surface area (Å²) in [5.41, 5.74) is 7.11. The van der Waals surface area contributed by atoms with Gasteiger partial charge in [-0.15, -0.1) is 0 Å². The summed E-state index contributed by atoms with van der Waals surface area (Å²) < 4.78 is 36.7. The summed E-state index contributed by atoms with van der Waals surface area (Å²) >= 11 is 0. The molecule has 1 rings (SSSR count). The average Bonchev–Trinajstić information content (AvgIpc) is 2.23.